The molecule has 0 saturated carbocycles. The molecule has 1 aliphatic rings. The van der Waals surface area contributed by atoms with Crippen LogP contribution in [0.5, 0.6) is 0 Å². The lowest BCUT2D eigenvalue weighted by atomic mass is 10.2. The molecule has 2 aromatic carbocycles. The largest absolute Gasteiger partial charge is 0.329 e. The van der Waals surface area contributed by atoms with E-state index in [2.05, 4.69) is 5.32 Å². The third-order valence-electron chi connectivity index (χ3n) is 5.07. The molecule has 2 heterocycles. The first-order chi connectivity index (χ1) is 14.3. The van der Waals surface area contributed by atoms with Gasteiger partial charge in [0.25, 0.3) is 5.91 Å². The van der Waals surface area contributed by atoms with Crippen LogP contribution in [0, 0.1) is 25.5 Å². The lowest BCUT2D eigenvalue weighted by Crippen LogP contribution is -2.30. The Hall–Kier alpha value is -3.74. The van der Waals surface area contributed by atoms with Crippen molar-refractivity contribution in [3.63, 3.8) is 0 Å². The maximum absolute atomic E-state index is 13.3. The molecular formula is C23H19F2N3O2. The molecule has 152 valence electrons. The summed E-state index contributed by atoms with van der Waals surface area (Å²) in [6.07, 6.45) is 1.63. The van der Waals surface area contributed by atoms with Crippen molar-refractivity contribution in [2.45, 2.75) is 20.4 Å². The smallest absolute Gasteiger partial charge is 0.318 e. The Morgan fingerprint density at radius 3 is 2.17 bits per heavy atom. The van der Waals surface area contributed by atoms with E-state index in [1.165, 1.54) is 36.4 Å². The van der Waals surface area contributed by atoms with E-state index in [0.29, 0.717) is 5.56 Å². The Labute approximate surface area is 172 Å². The van der Waals surface area contributed by atoms with Crippen molar-refractivity contribution < 1.29 is 18.4 Å². The van der Waals surface area contributed by atoms with Crippen LogP contribution in [-0.4, -0.2) is 21.4 Å². The number of aryl methyl sites for hydroxylation is 1. The zero-order valence-corrected chi connectivity index (χ0v) is 16.4. The number of urea groups is 1. The van der Waals surface area contributed by atoms with Crippen molar-refractivity contribution in [3.05, 3.63) is 94.4 Å². The van der Waals surface area contributed by atoms with Crippen molar-refractivity contribution in [2.24, 2.45) is 0 Å². The van der Waals surface area contributed by atoms with Crippen LogP contribution in [0.15, 0.2) is 60.3 Å². The molecule has 1 aromatic heterocycles. The van der Waals surface area contributed by atoms with Crippen LogP contribution in [0.2, 0.25) is 0 Å². The van der Waals surface area contributed by atoms with Gasteiger partial charge in [-0.3, -0.25) is 9.69 Å². The van der Waals surface area contributed by atoms with Gasteiger partial charge in [-0.15, -0.1) is 0 Å². The van der Waals surface area contributed by atoms with E-state index in [4.69, 9.17) is 0 Å². The fourth-order valence-corrected chi connectivity index (χ4v) is 3.56. The second-order valence-electron chi connectivity index (χ2n) is 7.14. The predicted octanol–water partition coefficient (Wildman–Crippen LogP) is 4.47. The summed E-state index contributed by atoms with van der Waals surface area (Å²) in [5.74, 6) is -1.15. The highest BCUT2D eigenvalue weighted by molar-refractivity contribution is 6.13. The Morgan fingerprint density at radius 2 is 1.53 bits per heavy atom. The molecular weight excluding hydrogens is 388 g/mol. The van der Waals surface area contributed by atoms with Gasteiger partial charge in [0.2, 0.25) is 0 Å². The lowest BCUT2D eigenvalue weighted by Gasteiger charge is -2.11. The number of nitrogens with one attached hydrogen (secondary N) is 1. The second kappa shape index (κ2) is 7.59. The van der Waals surface area contributed by atoms with Crippen molar-refractivity contribution in [2.75, 3.05) is 0 Å². The van der Waals surface area contributed by atoms with Gasteiger partial charge in [0, 0.05) is 17.1 Å². The third-order valence-corrected chi connectivity index (χ3v) is 5.07. The average Bonchev–Trinajstić information content (AvgIpc) is 3.14. The minimum Gasteiger partial charge on any atom is -0.318 e. The molecule has 1 saturated heterocycles. The van der Waals surface area contributed by atoms with Gasteiger partial charge in [-0.2, -0.15) is 0 Å². The summed E-state index contributed by atoms with van der Waals surface area (Å²) in [4.78, 5) is 26.1. The molecule has 0 aliphatic carbocycles. The van der Waals surface area contributed by atoms with Gasteiger partial charge >= 0.3 is 6.03 Å². The minimum atomic E-state index is -0.525. The molecule has 5 nitrogen and oxygen atoms in total. The number of benzene rings is 2. The molecule has 4 rings (SSSR count). The highest BCUT2D eigenvalue weighted by atomic mass is 19.1. The summed E-state index contributed by atoms with van der Waals surface area (Å²) < 4.78 is 28.3. The summed E-state index contributed by atoms with van der Waals surface area (Å²) in [6.45, 7) is 3.85. The topological polar surface area (TPSA) is 54.3 Å². The standard InChI is InChI=1S/C23H19F2N3O2/c1-14-11-17(15(2)28(14)20-9-7-19(25)8-10-20)12-21-22(29)27(23(30)26-21)13-16-3-5-18(24)6-4-16/h3-12H,13H2,1-2H3,(H,26,30)/b21-12-. The molecule has 1 fully saturated rings. The number of nitrogens with zero attached hydrogens (tertiary/aromatic N) is 2. The van der Waals surface area contributed by atoms with Gasteiger partial charge in [-0.1, -0.05) is 12.1 Å². The molecule has 0 spiro atoms. The molecule has 3 amide bonds. The van der Waals surface area contributed by atoms with Crippen LogP contribution in [-0.2, 0) is 11.3 Å². The second-order valence-corrected chi connectivity index (χ2v) is 7.14. The number of hydrogen-bond donors (Lipinski definition) is 1. The number of rotatable bonds is 4. The Balaban J connectivity index is 1.61. The number of halogens is 2. The SMILES string of the molecule is Cc1cc(/C=C2\NC(=O)N(Cc3ccc(F)cc3)C2=O)c(C)n1-c1ccc(F)cc1. The Morgan fingerprint density at radius 1 is 0.933 bits per heavy atom. The van der Waals surface area contributed by atoms with Crippen LogP contribution in [0.4, 0.5) is 13.6 Å². The summed E-state index contributed by atoms with van der Waals surface area (Å²) in [5, 5.41) is 2.60. The summed E-state index contributed by atoms with van der Waals surface area (Å²) in [6, 6.07) is 13.2. The van der Waals surface area contributed by atoms with Crippen molar-refractivity contribution >= 4 is 18.0 Å². The fraction of sp³-hybridized carbons (Fsp3) is 0.130. The predicted molar refractivity (Wildman–Crippen MR) is 109 cm³/mol. The first-order valence-electron chi connectivity index (χ1n) is 9.37. The van der Waals surface area contributed by atoms with Gasteiger partial charge in [-0.05, 0) is 73.5 Å². The zero-order chi connectivity index (χ0) is 21.4. The van der Waals surface area contributed by atoms with E-state index >= 15 is 0 Å². The van der Waals surface area contributed by atoms with Crippen LogP contribution < -0.4 is 5.32 Å². The number of imide groups is 1. The molecule has 0 atom stereocenters. The van der Waals surface area contributed by atoms with Gasteiger partial charge < -0.3 is 9.88 Å². The number of amides is 3. The van der Waals surface area contributed by atoms with Gasteiger partial charge in [0.1, 0.15) is 17.3 Å². The zero-order valence-electron chi connectivity index (χ0n) is 16.4. The monoisotopic (exact) mass is 407 g/mol. The van der Waals surface area contributed by atoms with E-state index in [1.54, 1.807) is 18.2 Å². The first kappa shape index (κ1) is 19.6. The quantitative estimate of drug-likeness (QED) is 0.513. The summed E-state index contributed by atoms with van der Waals surface area (Å²) in [5.41, 5.74) is 4.15. The minimum absolute atomic E-state index is 0.0525. The molecule has 30 heavy (non-hydrogen) atoms. The molecule has 0 radical (unpaired) electrons. The highest BCUT2D eigenvalue weighted by Gasteiger charge is 2.33. The fourth-order valence-electron chi connectivity index (χ4n) is 3.56. The van der Waals surface area contributed by atoms with E-state index < -0.39 is 11.9 Å². The highest BCUT2D eigenvalue weighted by Crippen LogP contribution is 2.24. The van der Waals surface area contributed by atoms with E-state index in [-0.39, 0.29) is 23.9 Å². The Kier molecular flexibility index (Phi) is 4.95. The normalized spacial score (nSPS) is 15.2. The average molecular weight is 407 g/mol. The number of carbonyl (C=O) groups is 2. The van der Waals surface area contributed by atoms with Crippen molar-refractivity contribution in [1.29, 1.82) is 0 Å². The Bertz CT molecular complexity index is 1160. The number of aromatic nitrogens is 1. The van der Waals surface area contributed by atoms with Gasteiger partial charge in [-0.25, -0.2) is 13.6 Å². The van der Waals surface area contributed by atoms with E-state index in [9.17, 15) is 18.4 Å². The summed E-state index contributed by atoms with van der Waals surface area (Å²) >= 11 is 0. The van der Waals surface area contributed by atoms with Gasteiger partial charge in [0.15, 0.2) is 0 Å². The number of hydrogen-bond acceptors (Lipinski definition) is 2. The maximum atomic E-state index is 13.3. The molecule has 0 unspecified atom stereocenters. The van der Waals surface area contributed by atoms with Crippen molar-refractivity contribution in [3.8, 4) is 5.69 Å². The van der Waals surface area contributed by atoms with E-state index in [1.807, 2.05) is 24.5 Å². The van der Waals surface area contributed by atoms with Gasteiger partial charge in [0.05, 0.1) is 6.54 Å². The van der Waals surface area contributed by atoms with Crippen LogP contribution >= 0.6 is 0 Å². The van der Waals surface area contributed by atoms with Crippen LogP contribution in [0.25, 0.3) is 11.8 Å². The molecule has 1 aliphatic heterocycles. The van der Waals surface area contributed by atoms with Crippen LogP contribution in [0.3, 0.4) is 0 Å². The molecule has 3 aromatic rings. The molecule has 0 bridgehead atoms. The first-order valence-corrected chi connectivity index (χ1v) is 9.37. The summed E-state index contributed by atoms with van der Waals surface area (Å²) in [7, 11) is 0. The van der Waals surface area contributed by atoms with Crippen molar-refractivity contribution in [1.82, 2.24) is 14.8 Å². The van der Waals surface area contributed by atoms with E-state index in [0.717, 1.165) is 27.5 Å². The third kappa shape index (κ3) is 3.61. The van der Waals surface area contributed by atoms with Crippen LogP contribution in [0.1, 0.15) is 22.5 Å². The maximum Gasteiger partial charge on any atom is 0.329 e. The lowest BCUT2D eigenvalue weighted by molar-refractivity contribution is -0.123. The molecule has 7 heteroatoms. The molecule has 1 N–H and O–H groups in total. The number of carbonyl (C=O) groups excluding carboxylic acids is 2.